The first-order valence-corrected chi connectivity index (χ1v) is 7.60. The van der Waals surface area contributed by atoms with Crippen LogP contribution < -0.4 is 4.90 Å². The van der Waals surface area contributed by atoms with E-state index >= 15 is 0 Å². The highest BCUT2D eigenvalue weighted by molar-refractivity contribution is 9.10. The van der Waals surface area contributed by atoms with Crippen LogP contribution in [0.2, 0.25) is 0 Å². The Hall–Kier alpha value is -0.570. The van der Waals surface area contributed by atoms with Gasteiger partial charge in [-0.3, -0.25) is 0 Å². The highest BCUT2D eigenvalue weighted by Crippen LogP contribution is 2.46. The SMILES string of the molecule is Cc1cc(Br)c(F)cc1N1CC2(CCCCC2)C1. The minimum Gasteiger partial charge on any atom is -0.370 e. The summed E-state index contributed by atoms with van der Waals surface area (Å²) in [5.74, 6) is -0.153. The minimum absolute atomic E-state index is 0.153. The molecule has 1 aliphatic carbocycles. The van der Waals surface area contributed by atoms with Gasteiger partial charge in [-0.15, -0.1) is 0 Å². The summed E-state index contributed by atoms with van der Waals surface area (Å²) >= 11 is 3.25. The second-order valence-corrected chi connectivity index (χ2v) is 6.82. The van der Waals surface area contributed by atoms with Crippen LogP contribution in [0, 0.1) is 18.2 Å². The molecule has 1 heterocycles. The van der Waals surface area contributed by atoms with Gasteiger partial charge < -0.3 is 4.90 Å². The first-order chi connectivity index (χ1) is 8.60. The summed E-state index contributed by atoms with van der Waals surface area (Å²) < 4.78 is 14.2. The van der Waals surface area contributed by atoms with Gasteiger partial charge in [0.15, 0.2) is 0 Å². The molecule has 1 aliphatic heterocycles. The molecule has 3 heteroatoms. The molecular weight excluding hydrogens is 293 g/mol. The van der Waals surface area contributed by atoms with E-state index in [-0.39, 0.29) is 5.82 Å². The van der Waals surface area contributed by atoms with Gasteiger partial charge >= 0.3 is 0 Å². The van der Waals surface area contributed by atoms with Crippen molar-refractivity contribution < 1.29 is 4.39 Å². The van der Waals surface area contributed by atoms with Gasteiger partial charge in [0, 0.05) is 24.2 Å². The van der Waals surface area contributed by atoms with Crippen LogP contribution in [0.4, 0.5) is 10.1 Å². The lowest BCUT2D eigenvalue weighted by Gasteiger charge is -2.54. The lowest BCUT2D eigenvalue weighted by Crippen LogP contribution is -2.57. The summed E-state index contributed by atoms with van der Waals surface area (Å²) in [6.45, 7) is 4.30. The molecule has 0 amide bonds. The predicted octanol–water partition coefficient (Wildman–Crippen LogP) is 4.67. The van der Waals surface area contributed by atoms with E-state index in [1.807, 2.05) is 6.07 Å². The zero-order chi connectivity index (χ0) is 12.8. The number of nitrogens with zero attached hydrogens (tertiary/aromatic N) is 1. The van der Waals surface area contributed by atoms with Crippen molar-refractivity contribution >= 4 is 21.6 Å². The van der Waals surface area contributed by atoms with E-state index in [1.165, 1.54) is 32.1 Å². The van der Waals surface area contributed by atoms with Crippen molar-refractivity contribution in [1.82, 2.24) is 0 Å². The Kier molecular flexibility index (Phi) is 3.13. The molecule has 2 aliphatic rings. The standard InChI is InChI=1S/C15H19BrFN/c1-11-7-12(16)13(17)8-14(11)18-9-15(10-18)5-3-2-4-6-15/h7-8H,2-6,9-10H2,1H3. The van der Waals surface area contributed by atoms with Crippen LogP contribution in [0.25, 0.3) is 0 Å². The van der Waals surface area contributed by atoms with E-state index in [2.05, 4.69) is 27.8 Å². The zero-order valence-corrected chi connectivity index (χ0v) is 12.4. The maximum atomic E-state index is 13.6. The van der Waals surface area contributed by atoms with Crippen molar-refractivity contribution in [3.8, 4) is 0 Å². The second-order valence-electron chi connectivity index (χ2n) is 5.97. The van der Waals surface area contributed by atoms with Crippen molar-refractivity contribution in [2.75, 3.05) is 18.0 Å². The van der Waals surface area contributed by atoms with Crippen molar-refractivity contribution in [3.63, 3.8) is 0 Å². The zero-order valence-electron chi connectivity index (χ0n) is 10.8. The summed E-state index contributed by atoms with van der Waals surface area (Å²) in [7, 11) is 0. The van der Waals surface area contributed by atoms with Gasteiger partial charge in [-0.2, -0.15) is 0 Å². The number of hydrogen-bond acceptors (Lipinski definition) is 1. The Morgan fingerprint density at radius 2 is 1.83 bits per heavy atom. The van der Waals surface area contributed by atoms with Crippen molar-refractivity contribution in [2.45, 2.75) is 39.0 Å². The lowest BCUT2D eigenvalue weighted by atomic mass is 9.68. The van der Waals surface area contributed by atoms with Gasteiger partial charge in [-0.05, 0) is 53.4 Å². The van der Waals surface area contributed by atoms with E-state index in [4.69, 9.17) is 0 Å². The molecule has 1 spiro atoms. The van der Waals surface area contributed by atoms with Crippen molar-refractivity contribution in [1.29, 1.82) is 0 Å². The second kappa shape index (κ2) is 4.52. The molecule has 2 fully saturated rings. The molecule has 0 N–H and O–H groups in total. The number of aryl methyl sites for hydroxylation is 1. The Balaban J connectivity index is 1.76. The number of halogens is 2. The maximum Gasteiger partial charge on any atom is 0.139 e. The Bertz CT molecular complexity index is 458. The van der Waals surface area contributed by atoms with Crippen LogP contribution in [0.1, 0.15) is 37.7 Å². The highest BCUT2D eigenvalue weighted by Gasteiger charge is 2.43. The largest absolute Gasteiger partial charge is 0.370 e. The van der Waals surface area contributed by atoms with E-state index in [9.17, 15) is 4.39 Å². The topological polar surface area (TPSA) is 3.24 Å². The molecule has 0 atom stereocenters. The fourth-order valence-corrected chi connectivity index (χ4v) is 3.99. The normalized spacial score (nSPS) is 22.1. The van der Waals surface area contributed by atoms with Crippen LogP contribution in [-0.4, -0.2) is 13.1 Å². The van der Waals surface area contributed by atoms with Gasteiger partial charge in [-0.25, -0.2) is 4.39 Å². The molecule has 3 rings (SSSR count). The first kappa shape index (κ1) is 12.5. The monoisotopic (exact) mass is 311 g/mol. The molecule has 1 nitrogen and oxygen atoms in total. The average Bonchev–Trinajstić information content (AvgIpc) is 2.32. The molecule has 98 valence electrons. The summed E-state index contributed by atoms with van der Waals surface area (Å²) in [4.78, 5) is 2.34. The molecule has 0 bridgehead atoms. The molecule has 1 saturated heterocycles. The predicted molar refractivity (Wildman–Crippen MR) is 76.6 cm³/mol. The highest BCUT2D eigenvalue weighted by atomic mass is 79.9. The van der Waals surface area contributed by atoms with Crippen molar-refractivity contribution in [2.24, 2.45) is 5.41 Å². The molecule has 0 radical (unpaired) electrons. The van der Waals surface area contributed by atoms with Crippen molar-refractivity contribution in [3.05, 3.63) is 28.0 Å². The summed E-state index contributed by atoms with van der Waals surface area (Å²) in [6, 6.07) is 3.56. The molecular formula is C15H19BrFN. The van der Waals surface area contributed by atoms with Crippen LogP contribution in [-0.2, 0) is 0 Å². The molecule has 1 aromatic rings. The molecule has 1 saturated carbocycles. The number of hydrogen-bond donors (Lipinski definition) is 0. The quantitative estimate of drug-likeness (QED) is 0.728. The third kappa shape index (κ3) is 2.07. The maximum absolute atomic E-state index is 13.6. The summed E-state index contributed by atoms with van der Waals surface area (Å²) in [6.07, 6.45) is 6.87. The average molecular weight is 312 g/mol. The van der Waals surface area contributed by atoms with Gasteiger partial charge in [-0.1, -0.05) is 19.3 Å². The Morgan fingerprint density at radius 3 is 2.50 bits per heavy atom. The fourth-order valence-electron chi connectivity index (χ4n) is 3.53. The van der Waals surface area contributed by atoms with Crippen LogP contribution in [0.15, 0.2) is 16.6 Å². The van der Waals surface area contributed by atoms with Crippen LogP contribution in [0.5, 0.6) is 0 Å². The van der Waals surface area contributed by atoms with Gasteiger partial charge in [0.25, 0.3) is 0 Å². The fraction of sp³-hybridized carbons (Fsp3) is 0.600. The van der Waals surface area contributed by atoms with Gasteiger partial charge in [0.2, 0.25) is 0 Å². The van der Waals surface area contributed by atoms with E-state index in [0.717, 1.165) is 24.3 Å². The third-order valence-electron chi connectivity index (χ3n) is 4.55. The van der Waals surface area contributed by atoms with E-state index in [0.29, 0.717) is 9.89 Å². The number of rotatable bonds is 1. The molecule has 0 aromatic heterocycles. The third-order valence-corrected chi connectivity index (χ3v) is 5.15. The molecule has 1 aromatic carbocycles. The van der Waals surface area contributed by atoms with E-state index < -0.39 is 0 Å². The smallest absolute Gasteiger partial charge is 0.139 e. The van der Waals surface area contributed by atoms with E-state index in [1.54, 1.807) is 6.07 Å². The summed E-state index contributed by atoms with van der Waals surface area (Å²) in [5.41, 5.74) is 2.79. The molecule has 0 unspecified atom stereocenters. The molecule has 18 heavy (non-hydrogen) atoms. The number of anilines is 1. The Labute approximate surface area is 116 Å². The van der Waals surface area contributed by atoms with Crippen LogP contribution in [0.3, 0.4) is 0 Å². The lowest BCUT2D eigenvalue weighted by molar-refractivity contribution is 0.139. The summed E-state index contributed by atoms with van der Waals surface area (Å²) in [5, 5.41) is 0. The number of benzene rings is 1. The van der Waals surface area contributed by atoms with Crippen LogP contribution >= 0.6 is 15.9 Å². The first-order valence-electron chi connectivity index (χ1n) is 6.80. The Morgan fingerprint density at radius 1 is 1.17 bits per heavy atom. The van der Waals surface area contributed by atoms with Gasteiger partial charge in [0.05, 0.1) is 4.47 Å². The van der Waals surface area contributed by atoms with Gasteiger partial charge in [0.1, 0.15) is 5.82 Å². The minimum atomic E-state index is -0.153.